The molecule has 0 aliphatic carbocycles. The normalized spacial score (nSPS) is 19.5. The molecule has 0 aromatic heterocycles. The van der Waals surface area contributed by atoms with Crippen LogP contribution in [-0.4, -0.2) is 92.9 Å². The first kappa shape index (κ1) is 51.3. The Morgan fingerprint density at radius 3 is 2.08 bits per heavy atom. The van der Waals surface area contributed by atoms with Crippen LogP contribution in [0.1, 0.15) is 88.7 Å². The quantitative estimate of drug-likeness (QED) is 0.0348. The Balaban J connectivity index is 1.80. The van der Waals surface area contributed by atoms with Crippen LogP contribution < -0.4 is 10.1 Å². The summed E-state index contributed by atoms with van der Waals surface area (Å²) in [4.78, 5) is 25.9. The average Bonchev–Trinajstić information content (AvgIpc) is 3.25. The van der Waals surface area contributed by atoms with Gasteiger partial charge in [-0.15, -0.1) is 13.2 Å². The van der Waals surface area contributed by atoms with Crippen molar-refractivity contribution in [1.29, 1.82) is 0 Å². The molecule has 0 saturated carbocycles. The summed E-state index contributed by atoms with van der Waals surface area (Å²) in [5.74, 6) is 0.769. The summed E-state index contributed by atoms with van der Waals surface area (Å²) < 4.78 is 51.3. The number of rotatable bonds is 30. The highest BCUT2D eigenvalue weighted by molar-refractivity contribution is 6.67. The van der Waals surface area contributed by atoms with E-state index in [9.17, 15) is 9.59 Å². The summed E-state index contributed by atoms with van der Waals surface area (Å²) >= 11 is 17.6. The van der Waals surface area contributed by atoms with Gasteiger partial charge in [-0.3, -0.25) is 0 Å². The molecule has 336 valence electrons. The molecule has 6 atom stereocenters. The zero-order valence-electron chi connectivity index (χ0n) is 35.1. The molecular formula is C45H64Cl3NO11. The van der Waals surface area contributed by atoms with Crippen LogP contribution >= 0.6 is 34.8 Å². The molecule has 0 spiro atoms. The number of carbonyl (C=O) groups excluding carboxylic acids is 2. The minimum absolute atomic E-state index is 0.0153. The van der Waals surface area contributed by atoms with Gasteiger partial charge in [0, 0.05) is 6.61 Å². The van der Waals surface area contributed by atoms with E-state index in [0.29, 0.717) is 13.0 Å². The molecular weight excluding hydrogens is 837 g/mol. The molecule has 1 fully saturated rings. The topological polar surface area (TPSA) is 129 Å². The molecule has 2 aromatic rings. The van der Waals surface area contributed by atoms with Crippen molar-refractivity contribution in [3.63, 3.8) is 0 Å². The van der Waals surface area contributed by atoms with Gasteiger partial charge in [-0.2, -0.15) is 0 Å². The number of nitrogens with one attached hydrogen (secondary N) is 1. The summed E-state index contributed by atoms with van der Waals surface area (Å²) in [6.07, 6.45) is 9.45. The van der Waals surface area contributed by atoms with Crippen LogP contribution in [0.2, 0.25) is 0 Å². The number of hydrogen-bond acceptors (Lipinski definition) is 11. The number of halogens is 3. The molecule has 1 heterocycles. The Hall–Kier alpha value is -3.07. The van der Waals surface area contributed by atoms with Crippen molar-refractivity contribution in [1.82, 2.24) is 5.32 Å². The zero-order chi connectivity index (χ0) is 43.4. The lowest BCUT2D eigenvalue weighted by Crippen LogP contribution is -2.66. The number of alkyl halides is 3. The third-order valence-electron chi connectivity index (χ3n) is 9.67. The molecule has 1 saturated heterocycles. The third kappa shape index (κ3) is 21.1. The highest BCUT2D eigenvalue weighted by atomic mass is 35.6. The second-order valence-corrected chi connectivity index (χ2v) is 17.0. The summed E-state index contributed by atoms with van der Waals surface area (Å²) in [5, 5.41) is 2.77. The van der Waals surface area contributed by atoms with Crippen LogP contribution in [0, 0.1) is 0 Å². The van der Waals surface area contributed by atoms with E-state index in [1.165, 1.54) is 51.0 Å². The van der Waals surface area contributed by atoms with E-state index in [2.05, 4.69) is 25.4 Å². The van der Waals surface area contributed by atoms with Crippen LogP contribution in [0.15, 0.2) is 79.9 Å². The van der Waals surface area contributed by atoms with Crippen molar-refractivity contribution in [3.05, 3.63) is 91.0 Å². The van der Waals surface area contributed by atoms with Crippen molar-refractivity contribution in [3.8, 4) is 5.75 Å². The molecule has 60 heavy (non-hydrogen) atoms. The van der Waals surface area contributed by atoms with Crippen LogP contribution in [-0.2, 0) is 51.1 Å². The van der Waals surface area contributed by atoms with Crippen molar-refractivity contribution in [2.24, 2.45) is 0 Å². The van der Waals surface area contributed by atoms with E-state index < -0.39 is 53.3 Å². The van der Waals surface area contributed by atoms with Gasteiger partial charge < -0.3 is 47.9 Å². The van der Waals surface area contributed by atoms with Gasteiger partial charge in [0.25, 0.3) is 0 Å². The Bertz CT molecular complexity index is 1480. The standard InChI is InChI=1S/C45H64Cl3NO11/c1-5-8-9-10-11-12-13-14-18-21-37(56-30-35-22-24-36(52-4)25-23-35)26-29-54-41-39(49-43(50)59-33-45(46,47)48)42(55-28-7-3)60-38(40(41)53-27-6-2)32-58-44(51)57-31-34-19-16-15-17-20-34/h6-7,15-17,19-20,22-25,37-42H,2-3,5,8-14,18,21,26-33H2,1,4H3,(H,49,50)/t37-,38+,39-,40+,41+,42-/m0/s1. The van der Waals surface area contributed by atoms with Crippen LogP contribution in [0.5, 0.6) is 5.75 Å². The number of carbonyl (C=O) groups is 2. The van der Waals surface area contributed by atoms with Crippen LogP contribution in [0.3, 0.4) is 0 Å². The van der Waals surface area contributed by atoms with Crippen molar-refractivity contribution in [2.45, 2.75) is 131 Å². The molecule has 0 unspecified atom stereocenters. The summed E-state index contributed by atoms with van der Waals surface area (Å²) in [5.41, 5.74) is 1.81. The smallest absolute Gasteiger partial charge is 0.497 e. The van der Waals surface area contributed by atoms with E-state index in [1.54, 1.807) is 13.2 Å². The fraction of sp³-hybridized carbons (Fsp3) is 0.600. The molecule has 1 amide bonds. The lowest BCUT2D eigenvalue weighted by Gasteiger charge is -2.45. The molecule has 3 rings (SSSR count). The van der Waals surface area contributed by atoms with Crippen molar-refractivity contribution >= 4 is 47.1 Å². The van der Waals surface area contributed by atoms with E-state index in [4.69, 9.17) is 77.4 Å². The van der Waals surface area contributed by atoms with Gasteiger partial charge in [-0.1, -0.05) is 154 Å². The van der Waals surface area contributed by atoms with Gasteiger partial charge in [-0.05, 0) is 36.1 Å². The minimum atomic E-state index is -1.85. The van der Waals surface area contributed by atoms with Gasteiger partial charge in [0.2, 0.25) is 3.79 Å². The fourth-order valence-corrected chi connectivity index (χ4v) is 6.74. The fourth-order valence-electron chi connectivity index (χ4n) is 6.57. The second-order valence-electron chi connectivity index (χ2n) is 14.5. The predicted octanol–water partition coefficient (Wildman–Crippen LogP) is 10.6. The van der Waals surface area contributed by atoms with Gasteiger partial charge in [0.1, 0.15) is 49.9 Å². The monoisotopic (exact) mass is 899 g/mol. The van der Waals surface area contributed by atoms with Crippen molar-refractivity contribution < 1.29 is 52.2 Å². The molecule has 0 bridgehead atoms. The Morgan fingerprint density at radius 1 is 0.783 bits per heavy atom. The Labute approximate surface area is 371 Å². The molecule has 0 radical (unpaired) electrons. The highest BCUT2D eigenvalue weighted by Crippen LogP contribution is 2.30. The van der Waals surface area contributed by atoms with Crippen molar-refractivity contribution in [2.75, 3.05) is 40.1 Å². The number of ether oxygens (including phenoxy) is 9. The first-order valence-corrected chi connectivity index (χ1v) is 22.0. The van der Waals surface area contributed by atoms with Gasteiger partial charge in [-0.25, -0.2) is 9.59 Å². The molecule has 15 heteroatoms. The molecule has 2 aromatic carbocycles. The maximum Gasteiger partial charge on any atom is 0.508 e. The van der Waals surface area contributed by atoms with Gasteiger partial charge in [0.15, 0.2) is 6.29 Å². The SMILES string of the molecule is C=CCO[C@H]1O[C@H](COC(=O)OCc2ccccc2)[C@@H](OCC=C)[C@H](OCC[C@H](CCCCCCCCCCC)OCc2ccc(OC)cc2)[C@@H]1NC(=O)OCC(Cl)(Cl)Cl. The van der Waals surface area contributed by atoms with E-state index in [0.717, 1.165) is 36.1 Å². The summed E-state index contributed by atoms with van der Waals surface area (Å²) in [6.45, 7) is 9.71. The number of amides is 1. The lowest BCUT2D eigenvalue weighted by atomic mass is 9.96. The number of benzene rings is 2. The third-order valence-corrected chi connectivity index (χ3v) is 10.00. The number of hydrogen-bond donors (Lipinski definition) is 1. The van der Waals surface area contributed by atoms with Gasteiger partial charge >= 0.3 is 12.2 Å². The molecule has 1 aliphatic rings. The molecule has 12 nitrogen and oxygen atoms in total. The lowest BCUT2D eigenvalue weighted by molar-refractivity contribution is -0.281. The minimum Gasteiger partial charge on any atom is -0.497 e. The zero-order valence-corrected chi connectivity index (χ0v) is 37.3. The van der Waals surface area contributed by atoms with Crippen LogP contribution in [0.4, 0.5) is 9.59 Å². The van der Waals surface area contributed by atoms with E-state index in [-0.39, 0.29) is 39.1 Å². The molecule has 1 N–H and O–H groups in total. The van der Waals surface area contributed by atoms with Crippen LogP contribution in [0.25, 0.3) is 0 Å². The highest BCUT2D eigenvalue weighted by Gasteiger charge is 2.49. The second kappa shape index (κ2) is 30.1. The summed E-state index contributed by atoms with van der Waals surface area (Å²) in [7, 11) is 1.63. The number of methoxy groups -OCH3 is 1. The number of alkyl carbamates (subject to hydrolysis) is 1. The van der Waals surface area contributed by atoms with Gasteiger partial charge in [0.05, 0.1) is 33.0 Å². The molecule has 1 aliphatic heterocycles. The Kier molecular flexibility index (Phi) is 25.7. The maximum atomic E-state index is 13.2. The predicted molar refractivity (Wildman–Crippen MR) is 234 cm³/mol. The average molecular weight is 901 g/mol. The number of unbranched alkanes of at least 4 members (excludes halogenated alkanes) is 8. The van der Waals surface area contributed by atoms with E-state index in [1.807, 2.05) is 54.6 Å². The Morgan fingerprint density at radius 2 is 1.43 bits per heavy atom. The first-order valence-electron chi connectivity index (χ1n) is 20.9. The summed E-state index contributed by atoms with van der Waals surface area (Å²) in [6, 6.07) is 16.0. The first-order chi connectivity index (χ1) is 29.1. The van der Waals surface area contributed by atoms with E-state index >= 15 is 0 Å². The largest absolute Gasteiger partial charge is 0.508 e. The maximum absolute atomic E-state index is 13.2.